The number of hydrogen-bond donors (Lipinski definition) is 1. The zero-order valence-electron chi connectivity index (χ0n) is 9.69. The lowest BCUT2D eigenvalue weighted by Crippen LogP contribution is -1.97. The maximum absolute atomic E-state index is 13.5. The topological polar surface area (TPSA) is 50.2 Å². The normalized spacial score (nSPS) is 14.6. The summed E-state index contributed by atoms with van der Waals surface area (Å²) >= 11 is 4.20. The Kier molecular flexibility index (Phi) is 3.14. The van der Waals surface area contributed by atoms with E-state index in [-0.39, 0.29) is 16.6 Å². The largest absolute Gasteiger partial charge is 0.477 e. The van der Waals surface area contributed by atoms with Crippen molar-refractivity contribution in [3.63, 3.8) is 0 Å². The highest BCUT2D eigenvalue weighted by atomic mass is 79.9. The molecule has 0 aliphatic heterocycles. The van der Waals surface area contributed by atoms with Crippen molar-refractivity contribution >= 4 is 33.2 Å². The van der Waals surface area contributed by atoms with Crippen LogP contribution in [-0.2, 0) is 0 Å². The van der Waals surface area contributed by atoms with Crippen molar-refractivity contribution in [3.05, 3.63) is 39.1 Å². The summed E-state index contributed by atoms with van der Waals surface area (Å²) in [4.78, 5) is 15.9. The first-order chi connectivity index (χ1) is 9.06. The SMILES string of the molecule is O=C(O)c1sc(-c2ccc(Br)c(F)c2)nc1C1CC1. The van der Waals surface area contributed by atoms with Crippen molar-refractivity contribution in [1.82, 2.24) is 4.98 Å². The molecule has 0 spiro atoms. The molecule has 3 nitrogen and oxygen atoms in total. The number of thiazole rings is 1. The van der Waals surface area contributed by atoms with Gasteiger partial charge in [0.05, 0.1) is 10.2 Å². The fourth-order valence-corrected chi connectivity index (χ4v) is 3.10. The van der Waals surface area contributed by atoms with Gasteiger partial charge in [-0.2, -0.15) is 0 Å². The number of carboxylic acids is 1. The maximum atomic E-state index is 13.5. The molecular formula is C13H9BrFNO2S. The minimum Gasteiger partial charge on any atom is -0.477 e. The van der Waals surface area contributed by atoms with Crippen molar-refractivity contribution < 1.29 is 14.3 Å². The van der Waals surface area contributed by atoms with E-state index in [0.29, 0.717) is 20.7 Å². The summed E-state index contributed by atoms with van der Waals surface area (Å²) < 4.78 is 13.9. The van der Waals surface area contributed by atoms with Gasteiger partial charge in [0.15, 0.2) is 0 Å². The zero-order chi connectivity index (χ0) is 13.6. The number of carbonyl (C=O) groups is 1. The number of carboxylic acid groups (broad SMARTS) is 1. The molecule has 3 rings (SSSR count). The van der Waals surface area contributed by atoms with Gasteiger partial charge in [0.25, 0.3) is 0 Å². The summed E-state index contributed by atoms with van der Waals surface area (Å²) in [6.45, 7) is 0. The number of aromatic carboxylic acids is 1. The van der Waals surface area contributed by atoms with Crippen molar-refractivity contribution in [1.29, 1.82) is 0 Å². The second kappa shape index (κ2) is 4.68. The molecule has 0 bridgehead atoms. The summed E-state index contributed by atoms with van der Waals surface area (Å²) in [7, 11) is 0. The van der Waals surface area contributed by atoms with Crippen LogP contribution >= 0.6 is 27.3 Å². The summed E-state index contributed by atoms with van der Waals surface area (Å²) in [6.07, 6.45) is 1.97. The van der Waals surface area contributed by atoms with Gasteiger partial charge in [-0.05, 0) is 40.9 Å². The van der Waals surface area contributed by atoms with Crippen LogP contribution < -0.4 is 0 Å². The van der Waals surface area contributed by atoms with Crippen molar-refractivity contribution in [2.24, 2.45) is 0 Å². The smallest absolute Gasteiger partial charge is 0.347 e. The van der Waals surface area contributed by atoms with Gasteiger partial charge in [-0.25, -0.2) is 14.2 Å². The van der Waals surface area contributed by atoms with Crippen LogP contribution in [0.1, 0.15) is 34.1 Å². The van der Waals surface area contributed by atoms with Crippen LogP contribution in [0, 0.1) is 5.82 Å². The van der Waals surface area contributed by atoms with E-state index in [9.17, 15) is 14.3 Å². The lowest BCUT2D eigenvalue weighted by molar-refractivity contribution is 0.0700. The van der Waals surface area contributed by atoms with E-state index in [0.717, 1.165) is 24.2 Å². The number of rotatable bonds is 3. The molecule has 2 aromatic rings. The van der Waals surface area contributed by atoms with Crippen LogP contribution in [0.2, 0.25) is 0 Å². The average Bonchev–Trinajstić information content (AvgIpc) is 3.11. The first-order valence-corrected chi connectivity index (χ1v) is 7.36. The minimum absolute atomic E-state index is 0.261. The van der Waals surface area contributed by atoms with Crippen LogP contribution in [0.5, 0.6) is 0 Å². The van der Waals surface area contributed by atoms with Crippen LogP contribution in [0.4, 0.5) is 4.39 Å². The Bertz CT molecular complexity index is 667. The third kappa shape index (κ3) is 2.42. The quantitative estimate of drug-likeness (QED) is 0.905. The summed E-state index contributed by atoms with van der Waals surface area (Å²) in [5.74, 6) is -1.07. The monoisotopic (exact) mass is 341 g/mol. The second-order valence-electron chi connectivity index (χ2n) is 4.44. The molecule has 6 heteroatoms. The molecule has 0 atom stereocenters. The number of halogens is 2. The Balaban J connectivity index is 2.07. The highest BCUT2D eigenvalue weighted by Gasteiger charge is 2.32. The molecule has 19 heavy (non-hydrogen) atoms. The van der Waals surface area contributed by atoms with Gasteiger partial charge in [0.2, 0.25) is 0 Å². The molecule has 0 amide bonds. The van der Waals surface area contributed by atoms with Crippen molar-refractivity contribution in [2.75, 3.05) is 0 Å². The Morgan fingerprint density at radius 2 is 2.21 bits per heavy atom. The fraction of sp³-hybridized carbons (Fsp3) is 0.231. The van der Waals surface area contributed by atoms with Gasteiger partial charge in [0, 0.05) is 11.5 Å². The highest BCUT2D eigenvalue weighted by molar-refractivity contribution is 9.10. The highest BCUT2D eigenvalue weighted by Crippen LogP contribution is 2.44. The molecule has 1 N–H and O–H groups in total. The molecule has 98 valence electrons. The van der Waals surface area contributed by atoms with E-state index >= 15 is 0 Å². The van der Waals surface area contributed by atoms with E-state index < -0.39 is 5.97 Å². The predicted molar refractivity (Wildman–Crippen MR) is 74.1 cm³/mol. The second-order valence-corrected chi connectivity index (χ2v) is 6.30. The van der Waals surface area contributed by atoms with E-state index in [2.05, 4.69) is 20.9 Å². The Morgan fingerprint density at radius 3 is 2.79 bits per heavy atom. The van der Waals surface area contributed by atoms with Crippen LogP contribution in [0.15, 0.2) is 22.7 Å². The molecule has 1 aromatic carbocycles. The van der Waals surface area contributed by atoms with Crippen LogP contribution in [-0.4, -0.2) is 16.1 Å². The fourth-order valence-electron chi connectivity index (χ4n) is 1.87. The molecule has 0 unspecified atom stereocenters. The van der Waals surface area contributed by atoms with Crippen molar-refractivity contribution in [3.8, 4) is 10.6 Å². The molecule has 0 radical (unpaired) electrons. The molecule has 1 aliphatic rings. The molecule has 1 fully saturated rings. The average molecular weight is 342 g/mol. The number of aromatic nitrogens is 1. The summed E-state index contributed by atoms with van der Waals surface area (Å²) in [6, 6.07) is 4.70. The van der Waals surface area contributed by atoms with Gasteiger partial charge in [-0.3, -0.25) is 0 Å². The number of benzene rings is 1. The molecule has 1 heterocycles. The zero-order valence-corrected chi connectivity index (χ0v) is 12.1. The number of hydrogen-bond acceptors (Lipinski definition) is 3. The third-order valence-electron chi connectivity index (χ3n) is 2.98. The first-order valence-electron chi connectivity index (χ1n) is 5.75. The Morgan fingerprint density at radius 1 is 1.47 bits per heavy atom. The first kappa shape index (κ1) is 12.7. The van der Waals surface area contributed by atoms with Gasteiger partial charge in [-0.15, -0.1) is 11.3 Å². The molecule has 0 saturated heterocycles. The van der Waals surface area contributed by atoms with Crippen LogP contribution in [0.25, 0.3) is 10.6 Å². The molecule has 1 aliphatic carbocycles. The maximum Gasteiger partial charge on any atom is 0.347 e. The minimum atomic E-state index is -0.955. The summed E-state index contributed by atoms with van der Waals surface area (Å²) in [5.41, 5.74) is 1.26. The molecule has 1 aromatic heterocycles. The van der Waals surface area contributed by atoms with Gasteiger partial charge in [0.1, 0.15) is 15.7 Å². The van der Waals surface area contributed by atoms with E-state index in [1.165, 1.54) is 6.07 Å². The third-order valence-corrected chi connectivity index (χ3v) is 4.73. The predicted octanol–water partition coefficient (Wildman–Crippen LogP) is 4.29. The van der Waals surface area contributed by atoms with E-state index in [1.807, 2.05) is 0 Å². The molecule has 1 saturated carbocycles. The number of nitrogens with zero attached hydrogens (tertiary/aromatic N) is 1. The van der Waals surface area contributed by atoms with Gasteiger partial charge < -0.3 is 5.11 Å². The Hall–Kier alpha value is -1.27. The van der Waals surface area contributed by atoms with Gasteiger partial charge in [-0.1, -0.05) is 6.07 Å². The van der Waals surface area contributed by atoms with Gasteiger partial charge >= 0.3 is 5.97 Å². The van der Waals surface area contributed by atoms with E-state index in [1.54, 1.807) is 12.1 Å². The lowest BCUT2D eigenvalue weighted by atomic mass is 10.2. The molecular weight excluding hydrogens is 333 g/mol. The summed E-state index contributed by atoms with van der Waals surface area (Å²) in [5, 5.41) is 9.75. The van der Waals surface area contributed by atoms with Crippen molar-refractivity contribution in [2.45, 2.75) is 18.8 Å². The standard InChI is InChI=1S/C13H9BrFNO2S/c14-8-4-3-7(5-9(8)15)12-16-10(6-1-2-6)11(19-12)13(17)18/h3-6H,1-2H2,(H,17,18). The Labute approximate surface area is 121 Å². The van der Waals surface area contributed by atoms with E-state index in [4.69, 9.17) is 0 Å². The lowest BCUT2D eigenvalue weighted by Gasteiger charge is -1.98. The van der Waals surface area contributed by atoms with Crippen LogP contribution in [0.3, 0.4) is 0 Å².